The number of aliphatic hydroxyl groups excluding tert-OH is 1. The maximum atomic E-state index is 9.96. The Morgan fingerprint density at radius 2 is 1.78 bits per heavy atom. The molecule has 0 fully saturated rings. The third-order valence-corrected chi connectivity index (χ3v) is 5.15. The van der Waals surface area contributed by atoms with Crippen molar-refractivity contribution in [3.8, 4) is 5.75 Å². The Labute approximate surface area is 161 Å². The summed E-state index contributed by atoms with van der Waals surface area (Å²) in [5.41, 5.74) is 2.47. The molecular formula is C23H28N2O2. The van der Waals surface area contributed by atoms with Crippen LogP contribution in [0.25, 0.3) is 10.8 Å². The molecule has 142 valence electrons. The van der Waals surface area contributed by atoms with E-state index < -0.39 is 0 Å². The fourth-order valence-electron chi connectivity index (χ4n) is 3.46. The molecule has 0 saturated carbocycles. The summed E-state index contributed by atoms with van der Waals surface area (Å²) >= 11 is 0. The first-order chi connectivity index (χ1) is 13.2. The lowest BCUT2D eigenvalue weighted by atomic mass is 9.94. The zero-order chi connectivity index (χ0) is 19.1. The van der Waals surface area contributed by atoms with Gasteiger partial charge in [0.2, 0.25) is 0 Å². The first kappa shape index (κ1) is 19.4. The first-order valence-corrected chi connectivity index (χ1v) is 9.51. The highest BCUT2D eigenvalue weighted by Gasteiger charge is 2.14. The van der Waals surface area contributed by atoms with Gasteiger partial charge in [0.25, 0.3) is 0 Å². The monoisotopic (exact) mass is 364 g/mol. The molecule has 0 radical (unpaired) electrons. The predicted octanol–water partition coefficient (Wildman–Crippen LogP) is 4.08. The van der Waals surface area contributed by atoms with Crippen LogP contribution in [0.2, 0.25) is 0 Å². The van der Waals surface area contributed by atoms with Crippen molar-refractivity contribution in [3.63, 3.8) is 0 Å². The van der Waals surface area contributed by atoms with Crippen LogP contribution in [0.1, 0.15) is 30.4 Å². The Balaban J connectivity index is 1.69. The topological polar surface area (TPSA) is 58.7 Å². The van der Waals surface area contributed by atoms with Crippen molar-refractivity contribution in [3.05, 3.63) is 77.9 Å². The molecular weight excluding hydrogens is 336 g/mol. The number of nitrogens with zero attached hydrogens (tertiary/aromatic N) is 1. The second-order valence-corrected chi connectivity index (χ2v) is 6.91. The van der Waals surface area contributed by atoms with Gasteiger partial charge in [0.15, 0.2) is 0 Å². The van der Waals surface area contributed by atoms with Gasteiger partial charge in [0, 0.05) is 19.1 Å². The molecule has 3 aromatic carbocycles. The summed E-state index contributed by atoms with van der Waals surface area (Å²) in [7, 11) is 0. The van der Waals surface area contributed by atoms with Gasteiger partial charge in [-0.15, -0.1) is 0 Å². The second-order valence-electron chi connectivity index (χ2n) is 6.91. The van der Waals surface area contributed by atoms with Gasteiger partial charge in [-0.25, -0.2) is 0 Å². The van der Waals surface area contributed by atoms with Crippen LogP contribution in [0.15, 0.2) is 66.7 Å². The molecule has 0 aliphatic rings. The standard InChI is InChI=1S/C23H28N2O2/c1-2-25(16-18-6-4-3-5-7-18)13-12-21(17-26)20-9-8-19-10-11-23(27-24)15-22(19)14-20/h3-11,14-15,21,26H,2,12-13,16-17,24H2,1H3. The Bertz CT molecular complexity index is 851. The highest BCUT2D eigenvalue weighted by atomic mass is 16.6. The van der Waals surface area contributed by atoms with E-state index >= 15 is 0 Å². The summed E-state index contributed by atoms with van der Waals surface area (Å²) in [6.45, 7) is 5.19. The van der Waals surface area contributed by atoms with Crippen LogP contribution >= 0.6 is 0 Å². The van der Waals surface area contributed by atoms with Crippen LogP contribution in [0, 0.1) is 0 Å². The lowest BCUT2D eigenvalue weighted by molar-refractivity contribution is 0.224. The number of aliphatic hydroxyl groups is 1. The number of hydrogen-bond donors (Lipinski definition) is 2. The van der Waals surface area contributed by atoms with Crippen molar-refractivity contribution in [2.75, 3.05) is 19.7 Å². The SMILES string of the molecule is CCN(CCC(CO)c1ccc2ccc(ON)cc2c1)Cc1ccccc1. The summed E-state index contributed by atoms with van der Waals surface area (Å²) in [5, 5.41) is 12.2. The summed E-state index contributed by atoms with van der Waals surface area (Å²) < 4.78 is 0. The Morgan fingerprint density at radius 1 is 1.00 bits per heavy atom. The van der Waals surface area contributed by atoms with Crippen molar-refractivity contribution >= 4 is 10.8 Å². The smallest absolute Gasteiger partial charge is 0.147 e. The lowest BCUT2D eigenvalue weighted by Gasteiger charge is -2.23. The first-order valence-electron chi connectivity index (χ1n) is 9.51. The van der Waals surface area contributed by atoms with Crippen molar-refractivity contribution in [1.82, 2.24) is 4.90 Å². The highest BCUT2D eigenvalue weighted by Crippen LogP contribution is 2.27. The molecule has 4 heteroatoms. The minimum Gasteiger partial charge on any atom is -0.412 e. The molecule has 0 aromatic heterocycles. The molecule has 0 aliphatic heterocycles. The number of benzene rings is 3. The average Bonchev–Trinajstić information content (AvgIpc) is 2.73. The molecule has 0 aliphatic carbocycles. The normalized spacial score (nSPS) is 12.4. The summed E-state index contributed by atoms with van der Waals surface area (Å²) in [6, 6.07) is 22.6. The molecule has 0 bridgehead atoms. The number of fused-ring (bicyclic) bond motifs is 1. The van der Waals surface area contributed by atoms with Crippen LogP contribution in [-0.4, -0.2) is 29.7 Å². The van der Waals surface area contributed by atoms with Gasteiger partial charge in [0.05, 0.1) is 0 Å². The van der Waals surface area contributed by atoms with E-state index in [2.05, 4.69) is 54.3 Å². The third-order valence-electron chi connectivity index (χ3n) is 5.15. The van der Waals surface area contributed by atoms with Gasteiger partial charge < -0.3 is 9.94 Å². The molecule has 27 heavy (non-hydrogen) atoms. The van der Waals surface area contributed by atoms with Crippen LogP contribution in [-0.2, 0) is 6.54 Å². The molecule has 0 heterocycles. The average molecular weight is 364 g/mol. The van der Waals surface area contributed by atoms with Crippen LogP contribution in [0.4, 0.5) is 0 Å². The van der Waals surface area contributed by atoms with E-state index in [0.717, 1.165) is 42.4 Å². The largest absolute Gasteiger partial charge is 0.412 e. The molecule has 0 spiro atoms. The Hall–Kier alpha value is -2.40. The zero-order valence-corrected chi connectivity index (χ0v) is 15.8. The van der Waals surface area contributed by atoms with E-state index in [1.807, 2.05) is 24.3 Å². The van der Waals surface area contributed by atoms with Crippen molar-refractivity contribution < 1.29 is 9.94 Å². The van der Waals surface area contributed by atoms with Gasteiger partial charge in [-0.05, 0) is 53.5 Å². The minimum absolute atomic E-state index is 0.113. The molecule has 3 aromatic rings. The van der Waals surface area contributed by atoms with Crippen LogP contribution in [0.5, 0.6) is 5.75 Å². The lowest BCUT2D eigenvalue weighted by Crippen LogP contribution is -2.26. The maximum Gasteiger partial charge on any atom is 0.147 e. The molecule has 4 nitrogen and oxygen atoms in total. The quantitative estimate of drug-likeness (QED) is 0.562. The molecule has 3 N–H and O–H groups in total. The fourth-order valence-corrected chi connectivity index (χ4v) is 3.46. The second kappa shape index (κ2) is 9.51. The molecule has 1 atom stereocenters. The number of hydrogen-bond acceptors (Lipinski definition) is 4. The van der Waals surface area contributed by atoms with Crippen molar-refractivity contribution in [2.24, 2.45) is 5.90 Å². The van der Waals surface area contributed by atoms with Gasteiger partial charge in [-0.1, -0.05) is 61.5 Å². The number of nitrogens with two attached hydrogens (primary N) is 1. The van der Waals surface area contributed by atoms with E-state index in [9.17, 15) is 5.11 Å². The summed E-state index contributed by atoms with van der Waals surface area (Å²) in [5.74, 6) is 6.03. The molecule has 0 amide bonds. The van der Waals surface area contributed by atoms with Gasteiger partial charge in [-0.2, -0.15) is 5.90 Å². The van der Waals surface area contributed by atoms with E-state index in [0.29, 0.717) is 5.75 Å². The molecule has 3 rings (SSSR count). The Kier molecular flexibility index (Phi) is 6.82. The molecule has 1 unspecified atom stereocenters. The predicted molar refractivity (Wildman–Crippen MR) is 111 cm³/mol. The molecule has 0 saturated heterocycles. The number of rotatable bonds is 9. The fraction of sp³-hybridized carbons (Fsp3) is 0.304. The third kappa shape index (κ3) is 5.07. The minimum atomic E-state index is 0.113. The summed E-state index contributed by atoms with van der Waals surface area (Å²) in [4.78, 5) is 7.26. The van der Waals surface area contributed by atoms with Gasteiger partial charge in [0.1, 0.15) is 5.75 Å². The van der Waals surface area contributed by atoms with Gasteiger partial charge >= 0.3 is 0 Å². The van der Waals surface area contributed by atoms with Crippen molar-refractivity contribution in [2.45, 2.75) is 25.8 Å². The van der Waals surface area contributed by atoms with Crippen LogP contribution in [0.3, 0.4) is 0 Å². The van der Waals surface area contributed by atoms with Gasteiger partial charge in [-0.3, -0.25) is 4.90 Å². The van der Waals surface area contributed by atoms with E-state index in [4.69, 9.17) is 10.7 Å². The van der Waals surface area contributed by atoms with Crippen LogP contribution < -0.4 is 10.7 Å². The highest BCUT2D eigenvalue weighted by molar-refractivity contribution is 5.84. The summed E-state index contributed by atoms with van der Waals surface area (Å²) in [6.07, 6.45) is 0.912. The zero-order valence-electron chi connectivity index (χ0n) is 15.8. The van der Waals surface area contributed by atoms with E-state index in [-0.39, 0.29) is 12.5 Å². The van der Waals surface area contributed by atoms with E-state index in [1.165, 1.54) is 5.56 Å². The van der Waals surface area contributed by atoms with Crippen molar-refractivity contribution in [1.29, 1.82) is 0 Å². The maximum absolute atomic E-state index is 9.96. The van der Waals surface area contributed by atoms with E-state index in [1.54, 1.807) is 0 Å². The Morgan fingerprint density at radius 3 is 2.48 bits per heavy atom.